The van der Waals surface area contributed by atoms with Gasteiger partial charge in [0.2, 0.25) is 5.91 Å². The van der Waals surface area contributed by atoms with Crippen molar-refractivity contribution >= 4 is 28.9 Å². The van der Waals surface area contributed by atoms with Gasteiger partial charge in [-0.1, -0.05) is 19.9 Å². The van der Waals surface area contributed by atoms with Crippen LogP contribution in [0.5, 0.6) is 5.75 Å². The number of carbonyl (C=O) groups excluding carboxylic acids is 2. The average molecular weight is 453 g/mol. The Morgan fingerprint density at radius 1 is 1.21 bits per heavy atom. The number of esters is 1. The van der Waals surface area contributed by atoms with E-state index in [1.54, 1.807) is 6.33 Å². The molecule has 175 valence electrons. The van der Waals surface area contributed by atoms with Gasteiger partial charge in [-0.2, -0.15) is 0 Å². The number of rotatable bonds is 8. The summed E-state index contributed by atoms with van der Waals surface area (Å²) in [6.45, 7) is 11.6. The first-order valence-electron chi connectivity index (χ1n) is 10.7. The fraction of sp³-hybridized carbons (Fsp3) is 0.417. The van der Waals surface area contributed by atoms with Crippen LogP contribution in [0.15, 0.2) is 24.8 Å². The van der Waals surface area contributed by atoms with Crippen LogP contribution in [0.3, 0.4) is 0 Å². The van der Waals surface area contributed by atoms with E-state index in [1.807, 2.05) is 51.3 Å². The van der Waals surface area contributed by atoms with Gasteiger partial charge in [0, 0.05) is 24.3 Å². The lowest BCUT2D eigenvalue weighted by atomic mass is 9.78. The third kappa shape index (κ3) is 5.54. The molecule has 0 unspecified atom stereocenters. The number of amides is 1. The Balaban J connectivity index is 1.85. The Bertz CT molecular complexity index is 1190. The van der Waals surface area contributed by atoms with Crippen molar-refractivity contribution in [1.82, 2.24) is 19.5 Å². The normalized spacial score (nSPS) is 12.6. The molecular weight excluding hydrogens is 422 g/mol. The summed E-state index contributed by atoms with van der Waals surface area (Å²) in [6.07, 6.45) is 3.04. The maximum Gasteiger partial charge on any atom is 0.308 e. The summed E-state index contributed by atoms with van der Waals surface area (Å²) < 4.78 is 12.4. The summed E-state index contributed by atoms with van der Waals surface area (Å²) in [6, 6.07) is 3.83. The summed E-state index contributed by atoms with van der Waals surface area (Å²) >= 11 is 0. The number of anilines is 1. The minimum absolute atomic E-state index is 0.125. The van der Waals surface area contributed by atoms with Crippen LogP contribution in [0, 0.1) is 21.0 Å². The summed E-state index contributed by atoms with van der Waals surface area (Å²) in [5, 5.41) is 2.87. The zero-order chi connectivity index (χ0) is 24.3. The Hall–Kier alpha value is -3.33. The highest BCUT2D eigenvalue weighted by Crippen LogP contribution is 2.38. The number of carbonyl (C=O) groups is 2. The number of aromatic nitrogens is 4. The highest BCUT2D eigenvalue weighted by molar-refractivity contribution is 5.97. The Kier molecular flexibility index (Phi) is 7.12. The van der Waals surface area contributed by atoms with E-state index >= 15 is 0 Å². The molecule has 0 aliphatic carbocycles. The maximum atomic E-state index is 13.0. The van der Waals surface area contributed by atoms with Gasteiger partial charge in [-0.25, -0.2) is 15.0 Å². The highest BCUT2D eigenvalue weighted by Gasteiger charge is 2.30. The minimum atomic E-state index is -0.612. The van der Waals surface area contributed by atoms with Crippen LogP contribution in [0.1, 0.15) is 50.8 Å². The molecule has 0 saturated carbocycles. The molecule has 3 rings (SSSR count). The monoisotopic (exact) mass is 452 g/mol. The lowest BCUT2D eigenvalue weighted by molar-refractivity contribution is -0.131. The van der Waals surface area contributed by atoms with Crippen molar-refractivity contribution in [1.29, 1.82) is 0 Å². The molecule has 3 aromatic rings. The van der Waals surface area contributed by atoms with Crippen molar-refractivity contribution in [3.8, 4) is 5.75 Å². The van der Waals surface area contributed by atoms with E-state index in [4.69, 9.17) is 9.47 Å². The summed E-state index contributed by atoms with van der Waals surface area (Å²) in [7, 11) is 3.44. The smallest absolute Gasteiger partial charge is 0.308 e. The summed E-state index contributed by atoms with van der Waals surface area (Å²) in [5.41, 5.74) is 3.22. The summed E-state index contributed by atoms with van der Waals surface area (Å²) in [5.74, 6) is 0.170. The van der Waals surface area contributed by atoms with E-state index in [0.717, 1.165) is 16.7 Å². The van der Waals surface area contributed by atoms with E-state index in [0.29, 0.717) is 29.3 Å². The quantitative estimate of drug-likeness (QED) is 0.408. The molecule has 1 radical (unpaired) electrons. The second-order valence-corrected chi connectivity index (χ2v) is 8.93. The SMILES string of the molecule is [CH2]O[C@H](C)Cn1cnc2c(NC(=O)CC(C)(C)c3c(C)cc(C)cc3OC(C)=O)ncnc21. The zero-order valence-electron chi connectivity index (χ0n) is 19.9. The molecule has 0 fully saturated rings. The molecule has 0 aliphatic heterocycles. The number of hydrogen-bond donors (Lipinski definition) is 1. The molecular formula is C24H30N5O4. The number of hydrogen-bond acceptors (Lipinski definition) is 7. The van der Waals surface area contributed by atoms with Crippen LogP contribution >= 0.6 is 0 Å². The standard InChI is InChI=1S/C24H30N5O4/c1-14-8-15(2)20(18(9-14)33-17(4)30)24(5,6)10-19(31)28-22-21-23(26-12-25-22)29(13-27-21)11-16(3)32-7/h8-9,12-13,16H,7,10-11H2,1-6H3,(H,25,26,28,31)/t16-/m1/s1. The molecule has 1 aromatic carbocycles. The molecule has 2 heterocycles. The van der Waals surface area contributed by atoms with Gasteiger partial charge < -0.3 is 19.4 Å². The first-order chi connectivity index (χ1) is 15.5. The molecule has 1 atom stereocenters. The molecule has 1 N–H and O–H groups in total. The number of benzene rings is 1. The van der Waals surface area contributed by atoms with Crippen molar-refractivity contribution in [2.45, 2.75) is 66.0 Å². The second kappa shape index (κ2) is 9.66. The van der Waals surface area contributed by atoms with Gasteiger partial charge >= 0.3 is 5.97 Å². The van der Waals surface area contributed by atoms with Gasteiger partial charge in [0.1, 0.15) is 12.1 Å². The van der Waals surface area contributed by atoms with Crippen molar-refractivity contribution in [3.05, 3.63) is 48.6 Å². The van der Waals surface area contributed by atoms with Crippen molar-refractivity contribution in [2.75, 3.05) is 5.32 Å². The van der Waals surface area contributed by atoms with Gasteiger partial charge in [-0.05, 0) is 38.0 Å². The molecule has 9 heteroatoms. The molecule has 0 bridgehead atoms. The first kappa shape index (κ1) is 24.3. The molecule has 0 saturated heterocycles. The highest BCUT2D eigenvalue weighted by atomic mass is 16.5. The lowest BCUT2D eigenvalue weighted by Gasteiger charge is -2.28. The van der Waals surface area contributed by atoms with E-state index < -0.39 is 11.4 Å². The third-order valence-corrected chi connectivity index (χ3v) is 5.37. The summed E-state index contributed by atoms with van der Waals surface area (Å²) in [4.78, 5) is 37.6. The van der Waals surface area contributed by atoms with Gasteiger partial charge in [0.05, 0.1) is 26.1 Å². The van der Waals surface area contributed by atoms with Crippen LogP contribution in [0.25, 0.3) is 11.2 Å². The molecule has 9 nitrogen and oxygen atoms in total. The van der Waals surface area contributed by atoms with Gasteiger partial charge in [-0.3, -0.25) is 9.59 Å². The fourth-order valence-electron chi connectivity index (χ4n) is 4.13. The average Bonchev–Trinajstić information content (AvgIpc) is 3.09. The first-order valence-corrected chi connectivity index (χ1v) is 10.7. The topological polar surface area (TPSA) is 108 Å². The lowest BCUT2D eigenvalue weighted by Crippen LogP contribution is -2.28. The Morgan fingerprint density at radius 3 is 2.61 bits per heavy atom. The van der Waals surface area contributed by atoms with Crippen LogP contribution in [-0.2, 0) is 26.3 Å². The van der Waals surface area contributed by atoms with Crippen LogP contribution in [-0.4, -0.2) is 37.5 Å². The van der Waals surface area contributed by atoms with Crippen LogP contribution in [0.2, 0.25) is 0 Å². The predicted octanol–water partition coefficient (Wildman–Crippen LogP) is 3.87. The molecule has 0 aliphatic rings. The maximum absolute atomic E-state index is 13.0. The fourth-order valence-corrected chi connectivity index (χ4v) is 4.13. The second-order valence-electron chi connectivity index (χ2n) is 8.93. The van der Waals surface area contributed by atoms with E-state index in [2.05, 4.69) is 27.4 Å². The number of nitrogens with zero attached hydrogens (tertiary/aromatic N) is 4. The third-order valence-electron chi connectivity index (χ3n) is 5.37. The molecule has 1 amide bonds. The van der Waals surface area contributed by atoms with Crippen molar-refractivity contribution < 1.29 is 19.1 Å². The van der Waals surface area contributed by atoms with Gasteiger partial charge in [0.25, 0.3) is 0 Å². The predicted molar refractivity (Wildman–Crippen MR) is 125 cm³/mol. The molecule has 0 spiro atoms. The zero-order valence-corrected chi connectivity index (χ0v) is 19.9. The van der Waals surface area contributed by atoms with Crippen molar-refractivity contribution in [3.63, 3.8) is 0 Å². The van der Waals surface area contributed by atoms with E-state index in [-0.39, 0.29) is 18.4 Å². The van der Waals surface area contributed by atoms with E-state index in [1.165, 1.54) is 13.3 Å². The number of ether oxygens (including phenoxy) is 2. The van der Waals surface area contributed by atoms with Crippen LogP contribution < -0.4 is 10.1 Å². The van der Waals surface area contributed by atoms with Gasteiger partial charge in [0.15, 0.2) is 17.0 Å². The van der Waals surface area contributed by atoms with Crippen LogP contribution in [0.4, 0.5) is 5.82 Å². The van der Waals surface area contributed by atoms with Crippen molar-refractivity contribution in [2.24, 2.45) is 0 Å². The number of nitrogens with one attached hydrogen (secondary N) is 1. The molecule has 2 aromatic heterocycles. The molecule has 33 heavy (non-hydrogen) atoms. The minimum Gasteiger partial charge on any atom is -0.426 e. The Morgan fingerprint density at radius 2 is 1.94 bits per heavy atom. The van der Waals surface area contributed by atoms with Gasteiger partial charge in [-0.15, -0.1) is 0 Å². The largest absolute Gasteiger partial charge is 0.426 e. The number of imidazole rings is 1. The Labute approximate surface area is 193 Å². The van der Waals surface area contributed by atoms with E-state index in [9.17, 15) is 9.59 Å². The number of fused-ring (bicyclic) bond motifs is 1. The number of aryl methyl sites for hydroxylation is 2.